The minimum Gasteiger partial charge on any atom is -0.462 e. The van der Waals surface area contributed by atoms with E-state index in [1.54, 1.807) is 0 Å². The quantitative estimate of drug-likeness (QED) is 0.395. The molecule has 0 aliphatic heterocycles. The Hall–Kier alpha value is -1.32. The van der Waals surface area contributed by atoms with Gasteiger partial charge in [-0.15, -0.1) is 0 Å². The molecular weight excluding hydrogens is 194 g/mol. The minimum absolute atomic E-state index is 0.0725. The highest BCUT2D eigenvalue weighted by Crippen LogP contribution is 2.03. The first-order valence-corrected chi connectivity index (χ1v) is 5.17. The van der Waals surface area contributed by atoms with Crippen LogP contribution in [0.5, 0.6) is 0 Å². The molecule has 1 amide bonds. The maximum atomic E-state index is 11.2. The standard InChI is InChI=1S/C11H19NO3/c1-4-6-9(2)11(14)15-8-5-7-12-10(3)13/h2,4-8H2,1,3H3,(H,12,13). The molecule has 0 saturated heterocycles. The Balaban J connectivity index is 3.47. The summed E-state index contributed by atoms with van der Waals surface area (Å²) in [6, 6.07) is 0. The number of nitrogens with one attached hydrogen (secondary N) is 1. The van der Waals surface area contributed by atoms with Gasteiger partial charge in [-0.1, -0.05) is 19.9 Å². The molecule has 0 unspecified atom stereocenters. The molecule has 15 heavy (non-hydrogen) atoms. The summed E-state index contributed by atoms with van der Waals surface area (Å²) < 4.78 is 4.95. The molecule has 0 saturated carbocycles. The molecular formula is C11H19NO3. The van der Waals surface area contributed by atoms with E-state index in [2.05, 4.69) is 11.9 Å². The molecule has 0 bridgehead atoms. The first-order valence-electron chi connectivity index (χ1n) is 5.17. The van der Waals surface area contributed by atoms with Crippen molar-refractivity contribution in [1.82, 2.24) is 5.32 Å². The van der Waals surface area contributed by atoms with Crippen molar-refractivity contribution in [2.45, 2.75) is 33.1 Å². The van der Waals surface area contributed by atoms with Gasteiger partial charge < -0.3 is 10.1 Å². The Morgan fingerprint density at radius 1 is 1.40 bits per heavy atom. The number of carbonyl (C=O) groups excluding carboxylic acids is 2. The lowest BCUT2D eigenvalue weighted by molar-refractivity contribution is -0.139. The maximum Gasteiger partial charge on any atom is 0.333 e. The van der Waals surface area contributed by atoms with E-state index in [9.17, 15) is 9.59 Å². The molecule has 0 radical (unpaired) electrons. The van der Waals surface area contributed by atoms with Gasteiger partial charge in [0.2, 0.25) is 5.91 Å². The molecule has 0 atom stereocenters. The van der Waals surface area contributed by atoms with Gasteiger partial charge >= 0.3 is 5.97 Å². The van der Waals surface area contributed by atoms with E-state index in [4.69, 9.17) is 4.74 Å². The molecule has 0 rings (SSSR count). The predicted molar refractivity (Wildman–Crippen MR) is 58.3 cm³/mol. The summed E-state index contributed by atoms with van der Waals surface area (Å²) in [6.45, 7) is 7.91. The molecule has 0 aromatic heterocycles. The molecule has 4 heteroatoms. The highest BCUT2D eigenvalue weighted by Gasteiger charge is 2.06. The van der Waals surface area contributed by atoms with Crippen LogP contribution in [0.1, 0.15) is 33.1 Å². The van der Waals surface area contributed by atoms with Crippen molar-refractivity contribution in [2.75, 3.05) is 13.2 Å². The highest BCUT2D eigenvalue weighted by molar-refractivity contribution is 5.87. The maximum absolute atomic E-state index is 11.2. The SMILES string of the molecule is C=C(CCC)C(=O)OCCCNC(C)=O. The summed E-state index contributed by atoms with van der Waals surface area (Å²) >= 11 is 0. The second-order valence-corrected chi connectivity index (χ2v) is 3.33. The Morgan fingerprint density at radius 3 is 2.60 bits per heavy atom. The summed E-state index contributed by atoms with van der Waals surface area (Å²) in [5, 5.41) is 2.62. The number of rotatable bonds is 7. The second kappa shape index (κ2) is 8.03. The summed E-state index contributed by atoms with van der Waals surface area (Å²) in [6.07, 6.45) is 2.19. The van der Waals surface area contributed by atoms with Gasteiger partial charge in [-0.05, 0) is 12.8 Å². The zero-order chi connectivity index (χ0) is 11.7. The molecule has 0 spiro atoms. The Labute approximate surface area is 90.7 Å². The number of amides is 1. The number of hydrogen-bond donors (Lipinski definition) is 1. The van der Waals surface area contributed by atoms with Crippen LogP contribution in [-0.2, 0) is 14.3 Å². The van der Waals surface area contributed by atoms with Crippen LogP contribution in [0.3, 0.4) is 0 Å². The Kier molecular flexibility index (Phi) is 7.32. The second-order valence-electron chi connectivity index (χ2n) is 3.33. The van der Waals surface area contributed by atoms with Crippen LogP contribution >= 0.6 is 0 Å². The van der Waals surface area contributed by atoms with Gasteiger partial charge in [-0.25, -0.2) is 4.79 Å². The van der Waals surface area contributed by atoms with Crippen molar-refractivity contribution in [2.24, 2.45) is 0 Å². The summed E-state index contributed by atoms with van der Waals surface area (Å²) in [5.74, 6) is -0.406. The minimum atomic E-state index is -0.334. The van der Waals surface area contributed by atoms with E-state index < -0.39 is 0 Å². The fourth-order valence-corrected chi connectivity index (χ4v) is 1.01. The molecule has 1 N–H and O–H groups in total. The third kappa shape index (κ3) is 7.73. The molecule has 0 fully saturated rings. The number of hydrogen-bond acceptors (Lipinski definition) is 3. The van der Waals surface area contributed by atoms with Gasteiger partial charge in [0.05, 0.1) is 6.61 Å². The lowest BCUT2D eigenvalue weighted by Gasteiger charge is -2.06. The molecule has 0 aliphatic rings. The smallest absolute Gasteiger partial charge is 0.333 e. The van der Waals surface area contributed by atoms with Gasteiger partial charge in [-0.3, -0.25) is 4.79 Å². The summed E-state index contributed by atoms with van der Waals surface area (Å²) in [5.41, 5.74) is 0.511. The first-order chi connectivity index (χ1) is 7.07. The molecule has 0 aromatic rings. The normalized spacial score (nSPS) is 9.47. The van der Waals surface area contributed by atoms with E-state index in [-0.39, 0.29) is 11.9 Å². The lowest BCUT2D eigenvalue weighted by atomic mass is 10.2. The number of ether oxygens (including phenoxy) is 1. The van der Waals surface area contributed by atoms with Gasteiger partial charge in [0.15, 0.2) is 0 Å². The van der Waals surface area contributed by atoms with Crippen molar-refractivity contribution in [3.8, 4) is 0 Å². The van der Waals surface area contributed by atoms with Crippen molar-refractivity contribution in [3.05, 3.63) is 12.2 Å². The van der Waals surface area contributed by atoms with Gasteiger partial charge in [0.25, 0.3) is 0 Å². The van der Waals surface area contributed by atoms with Gasteiger partial charge in [0.1, 0.15) is 0 Å². The molecule has 4 nitrogen and oxygen atoms in total. The van der Waals surface area contributed by atoms with Crippen molar-refractivity contribution in [3.63, 3.8) is 0 Å². The van der Waals surface area contributed by atoms with Crippen molar-refractivity contribution < 1.29 is 14.3 Å². The summed E-state index contributed by atoms with van der Waals surface area (Å²) in [4.78, 5) is 21.7. The van der Waals surface area contributed by atoms with Crippen LogP contribution in [0.4, 0.5) is 0 Å². The van der Waals surface area contributed by atoms with Crippen LogP contribution in [-0.4, -0.2) is 25.0 Å². The van der Waals surface area contributed by atoms with E-state index in [1.165, 1.54) is 6.92 Å². The average molecular weight is 213 g/mol. The van der Waals surface area contributed by atoms with Gasteiger partial charge in [-0.2, -0.15) is 0 Å². The molecule has 0 aliphatic carbocycles. The zero-order valence-corrected chi connectivity index (χ0v) is 9.47. The van der Waals surface area contributed by atoms with E-state index in [0.717, 1.165) is 6.42 Å². The number of carbonyl (C=O) groups is 2. The van der Waals surface area contributed by atoms with Crippen molar-refractivity contribution in [1.29, 1.82) is 0 Å². The zero-order valence-electron chi connectivity index (χ0n) is 9.47. The van der Waals surface area contributed by atoms with E-state index in [0.29, 0.717) is 31.6 Å². The van der Waals surface area contributed by atoms with Crippen molar-refractivity contribution >= 4 is 11.9 Å². The van der Waals surface area contributed by atoms with Crippen LogP contribution in [0, 0.1) is 0 Å². The summed E-state index contributed by atoms with van der Waals surface area (Å²) in [7, 11) is 0. The Morgan fingerprint density at radius 2 is 2.07 bits per heavy atom. The highest BCUT2D eigenvalue weighted by atomic mass is 16.5. The fourth-order valence-electron chi connectivity index (χ4n) is 1.01. The monoisotopic (exact) mass is 213 g/mol. The fraction of sp³-hybridized carbons (Fsp3) is 0.636. The molecule has 86 valence electrons. The lowest BCUT2D eigenvalue weighted by Crippen LogP contribution is -2.22. The average Bonchev–Trinajstić information content (AvgIpc) is 2.16. The van der Waals surface area contributed by atoms with Crippen LogP contribution in [0.25, 0.3) is 0 Å². The van der Waals surface area contributed by atoms with Gasteiger partial charge in [0, 0.05) is 19.0 Å². The number of esters is 1. The van der Waals surface area contributed by atoms with E-state index in [1.807, 2.05) is 6.92 Å². The Bertz CT molecular complexity index is 236. The predicted octanol–water partition coefficient (Wildman–Crippen LogP) is 1.41. The first kappa shape index (κ1) is 13.7. The molecule has 0 heterocycles. The molecule has 0 aromatic carbocycles. The van der Waals surface area contributed by atoms with Crippen LogP contribution in [0.15, 0.2) is 12.2 Å². The van der Waals surface area contributed by atoms with Crippen LogP contribution in [0.2, 0.25) is 0 Å². The topological polar surface area (TPSA) is 55.4 Å². The van der Waals surface area contributed by atoms with E-state index >= 15 is 0 Å². The third-order valence-corrected chi connectivity index (χ3v) is 1.77. The largest absolute Gasteiger partial charge is 0.462 e. The van der Waals surface area contributed by atoms with Crippen LogP contribution < -0.4 is 5.32 Å². The third-order valence-electron chi connectivity index (χ3n) is 1.77.